The number of nitro groups is 1. The summed E-state index contributed by atoms with van der Waals surface area (Å²) in [5.74, 6) is -0.235. The Balaban J connectivity index is 1.39. The summed E-state index contributed by atoms with van der Waals surface area (Å²) in [4.78, 5) is 31.7. The number of nitro benzene ring substituents is 1. The lowest BCUT2D eigenvalue weighted by Gasteiger charge is -2.07. The lowest BCUT2D eigenvalue weighted by molar-refractivity contribution is -0.384. The number of benzene rings is 2. The molecule has 0 spiro atoms. The van der Waals surface area contributed by atoms with Gasteiger partial charge < -0.3 is 5.32 Å². The molecule has 1 atom stereocenters. The number of non-ortho nitro benzene ring substituents is 1. The Labute approximate surface area is 185 Å². The van der Waals surface area contributed by atoms with E-state index in [1.54, 1.807) is 35.4 Å². The second-order valence-electron chi connectivity index (χ2n) is 6.40. The van der Waals surface area contributed by atoms with Crippen LogP contribution in [0.25, 0.3) is 16.9 Å². The third-order valence-corrected chi connectivity index (χ3v) is 5.95. The smallest absolute Gasteiger partial charge is 0.270 e. The molecule has 156 valence electrons. The molecule has 0 saturated heterocycles. The van der Waals surface area contributed by atoms with Crippen LogP contribution in [-0.2, 0) is 4.79 Å². The maximum atomic E-state index is 12.6. The van der Waals surface area contributed by atoms with Gasteiger partial charge in [-0.2, -0.15) is 0 Å². The normalized spacial score (nSPS) is 11.8. The molecule has 0 aliphatic heterocycles. The van der Waals surface area contributed by atoms with Crippen LogP contribution >= 0.6 is 23.1 Å². The summed E-state index contributed by atoms with van der Waals surface area (Å²) >= 11 is 2.50. The number of anilines is 1. The molecule has 31 heavy (non-hydrogen) atoms. The Morgan fingerprint density at radius 1 is 1.23 bits per heavy atom. The van der Waals surface area contributed by atoms with Crippen molar-refractivity contribution in [2.45, 2.75) is 17.3 Å². The van der Waals surface area contributed by atoms with Crippen LogP contribution in [0.5, 0.6) is 0 Å². The first-order valence-corrected chi connectivity index (χ1v) is 10.9. The van der Waals surface area contributed by atoms with Crippen LogP contribution in [0.1, 0.15) is 6.92 Å². The van der Waals surface area contributed by atoms with Crippen molar-refractivity contribution in [3.05, 3.63) is 76.4 Å². The highest BCUT2D eigenvalue weighted by molar-refractivity contribution is 8.00. The van der Waals surface area contributed by atoms with Gasteiger partial charge in [-0.1, -0.05) is 42.1 Å². The number of amides is 1. The molecule has 4 rings (SSSR count). The number of para-hydroxylation sites is 1. The van der Waals surface area contributed by atoms with Gasteiger partial charge in [0, 0.05) is 23.1 Å². The molecule has 4 aromatic rings. The highest BCUT2D eigenvalue weighted by atomic mass is 32.2. The van der Waals surface area contributed by atoms with Gasteiger partial charge in [-0.25, -0.2) is 14.6 Å². The van der Waals surface area contributed by atoms with E-state index in [1.807, 2.05) is 30.3 Å². The largest absolute Gasteiger partial charge is 0.301 e. The van der Waals surface area contributed by atoms with E-state index in [-0.39, 0.29) is 11.6 Å². The topological polar surface area (TPSA) is 116 Å². The maximum absolute atomic E-state index is 12.6. The summed E-state index contributed by atoms with van der Waals surface area (Å²) in [6.45, 7) is 1.76. The molecule has 0 radical (unpaired) electrons. The van der Waals surface area contributed by atoms with Crippen molar-refractivity contribution in [1.29, 1.82) is 0 Å². The van der Waals surface area contributed by atoms with Crippen LogP contribution in [0.4, 0.5) is 10.8 Å². The number of rotatable bonds is 7. The first-order chi connectivity index (χ1) is 15.0. The van der Waals surface area contributed by atoms with E-state index in [2.05, 4.69) is 20.4 Å². The second-order valence-corrected chi connectivity index (χ2v) is 8.57. The molecule has 2 aromatic carbocycles. The van der Waals surface area contributed by atoms with Crippen molar-refractivity contribution in [1.82, 2.24) is 19.7 Å². The minimum absolute atomic E-state index is 0.0106. The van der Waals surface area contributed by atoms with Crippen molar-refractivity contribution in [3.8, 4) is 16.9 Å². The number of nitrogens with zero attached hydrogens (tertiary/aromatic N) is 5. The lowest BCUT2D eigenvalue weighted by Crippen LogP contribution is -2.22. The molecule has 0 bridgehead atoms. The zero-order chi connectivity index (χ0) is 21.8. The lowest BCUT2D eigenvalue weighted by atomic mass is 10.1. The Hall–Kier alpha value is -3.57. The van der Waals surface area contributed by atoms with E-state index < -0.39 is 10.2 Å². The van der Waals surface area contributed by atoms with E-state index >= 15 is 0 Å². The van der Waals surface area contributed by atoms with Gasteiger partial charge in [0.05, 0.1) is 21.6 Å². The molecular weight excluding hydrogens is 436 g/mol. The molecule has 9 nitrogen and oxygen atoms in total. The van der Waals surface area contributed by atoms with Crippen LogP contribution in [0.2, 0.25) is 0 Å². The number of carbonyl (C=O) groups is 1. The first-order valence-electron chi connectivity index (χ1n) is 9.14. The van der Waals surface area contributed by atoms with Crippen molar-refractivity contribution >= 4 is 39.8 Å². The Kier molecular flexibility index (Phi) is 6.05. The Morgan fingerprint density at radius 2 is 2.03 bits per heavy atom. The van der Waals surface area contributed by atoms with Gasteiger partial charge in [-0.15, -0.1) is 16.4 Å². The van der Waals surface area contributed by atoms with E-state index in [0.717, 1.165) is 5.69 Å². The predicted molar refractivity (Wildman–Crippen MR) is 120 cm³/mol. The summed E-state index contributed by atoms with van der Waals surface area (Å²) in [5.41, 5.74) is 2.05. The predicted octanol–water partition coefficient (Wildman–Crippen LogP) is 4.42. The van der Waals surface area contributed by atoms with E-state index in [0.29, 0.717) is 21.5 Å². The fraction of sp³-hybridized carbons (Fsp3) is 0.100. The third kappa shape index (κ3) is 4.95. The van der Waals surface area contributed by atoms with E-state index in [4.69, 9.17) is 0 Å². The number of aromatic nitrogens is 4. The zero-order valence-corrected chi connectivity index (χ0v) is 17.8. The molecule has 0 aliphatic carbocycles. The average molecular weight is 453 g/mol. The molecule has 0 saturated carbocycles. The van der Waals surface area contributed by atoms with Gasteiger partial charge in [0.15, 0.2) is 5.13 Å². The fourth-order valence-electron chi connectivity index (χ4n) is 2.67. The number of thioether (sulfide) groups is 1. The fourth-order valence-corrected chi connectivity index (χ4v) is 4.12. The average Bonchev–Trinajstić information content (AvgIpc) is 3.44. The van der Waals surface area contributed by atoms with Crippen molar-refractivity contribution in [3.63, 3.8) is 0 Å². The molecule has 2 heterocycles. The van der Waals surface area contributed by atoms with Gasteiger partial charge in [0.25, 0.3) is 5.69 Å². The van der Waals surface area contributed by atoms with Gasteiger partial charge in [-0.05, 0) is 19.1 Å². The SMILES string of the molecule is CC(Sc1ncn(-c2ccccc2)n1)C(=O)Nc1nc(-c2cccc([N+](=O)[O-])c2)cs1. The molecule has 0 fully saturated rings. The number of hydrogen-bond donors (Lipinski definition) is 1. The quantitative estimate of drug-likeness (QED) is 0.251. The number of nitrogens with one attached hydrogen (secondary N) is 1. The molecule has 2 aromatic heterocycles. The molecular formula is C20H16N6O3S2. The minimum atomic E-state index is -0.454. The zero-order valence-electron chi connectivity index (χ0n) is 16.2. The van der Waals surface area contributed by atoms with Crippen LogP contribution < -0.4 is 5.32 Å². The van der Waals surface area contributed by atoms with E-state index in [1.165, 1.54) is 35.2 Å². The van der Waals surface area contributed by atoms with Gasteiger partial charge >= 0.3 is 0 Å². The highest BCUT2D eigenvalue weighted by Crippen LogP contribution is 2.28. The van der Waals surface area contributed by atoms with Crippen LogP contribution in [-0.4, -0.2) is 35.8 Å². The standard InChI is InChI=1S/C20H16N6O3S2/c1-13(31-19-21-12-25(24-19)15-7-3-2-4-8-15)18(27)23-20-22-17(11-30-20)14-6-5-9-16(10-14)26(28)29/h2-13H,1H3,(H,22,23,27). The molecule has 11 heteroatoms. The summed E-state index contributed by atoms with van der Waals surface area (Å²) in [6.07, 6.45) is 1.61. The number of hydrogen-bond acceptors (Lipinski definition) is 8. The molecule has 1 amide bonds. The Morgan fingerprint density at radius 3 is 2.81 bits per heavy atom. The first kappa shape index (κ1) is 20.7. The van der Waals surface area contributed by atoms with E-state index in [9.17, 15) is 14.9 Å². The summed E-state index contributed by atoms with van der Waals surface area (Å²) < 4.78 is 1.65. The number of thiazole rings is 1. The summed E-state index contributed by atoms with van der Waals surface area (Å²) in [7, 11) is 0. The summed E-state index contributed by atoms with van der Waals surface area (Å²) in [6, 6.07) is 15.8. The van der Waals surface area contributed by atoms with Crippen molar-refractivity contribution in [2.75, 3.05) is 5.32 Å². The minimum Gasteiger partial charge on any atom is -0.301 e. The monoisotopic (exact) mass is 452 g/mol. The van der Waals surface area contributed by atoms with Crippen LogP contribution in [0.15, 0.2) is 71.5 Å². The third-order valence-electron chi connectivity index (χ3n) is 4.23. The number of carbonyl (C=O) groups excluding carboxylic acids is 1. The van der Waals surface area contributed by atoms with Gasteiger partial charge in [0.1, 0.15) is 6.33 Å². The molecule has 1 N–H and O–H groups in total. The summed E-state index contributed by atoms with van der Waals surface area (Å²) in [5, 5.41) is 20.3. The van der Waals surface area contributed by atoms with Crippen molar-refractivity contribution < 1.29 is 9.72 Å². The van der Waals surface area contributed by atoms with Crippen LogP contribution in [0.3, 0.4) is 0 Å². The highest BCUT2D eigenvalue weighted by Gasteiger charge is 2.19. The van der Waals surface area contributed by atoms with Gasteiger partial charge in [-0.3, -0.25) is 14.9 Å². The van der Waals surface area contributed by atoms with Crippen molar-refractivity contribution in [2.24, 2.45) is 0 Å². The van der Waals surface area contributed by atoms with Gasteiger partial charge in [0.2, 0.25) is 11.1 Å². The Bertz CT molecular complexity index is 1220. The molecule has 0 aliphatic rings. The van der Waals surface area contributed by atoms with Crippen LogP contribution in [0, 0.1) is 10.1 Å². The molecule has 1 unspecified atom stereocenters. The maximum Gasteiger partial charge on any atom is 0.270 e. The second kappa shape index (κ2) is 9.06.